The summed E-state index contributed by atoms with van der Waals surface area (Å²) in [4.78, 5) is 13.0. The summed E-state index contributed by atoms with van der Waals surface area (Å²) in [6.07, 6.45) is 8.31. The number of aromatic amines is 2. The van der Waals surface area contributed by atoms with Crippen molar-refractivity contribution in [3.05, 3.63) is 154 Å². The summed E-state index contributed by atoms with van der Waals surface area (Å²) in [5.41, 5.74) is 11.4. The largest absolute Gasteiger partial charge is 0.370 e. The molecule has 8 nitrogen and oxygen atoms in total. The van der Waals surface area contributed by atoms with Gasteiger partial charge in [-0.1, -0.05) is 153 Å². The Kier molecular flexibility index (Phi) is 13.4. The Hall–Kier alpha value is -5.37. The molecule has 0 saturated carbocycles. The predicted molar refractivity (Wildman–Crippen MR) is 255 cm³/mol. The summed E-state index contributed by atoms with van der Waals surface area (Å²) in [7, 11) is 0. The van der Waals surface area contributed by atoms with Crippen LogP contribution in [0.25, 0.3) is 0 Å². The lowest BCUT2D eigenvalue weighted by Gasteiger charge is -2.35. The molecular weight excluding hydrogens is 749 g/mol. The molecule has 5 N–H and O–H groups in total. The van der Waals surface area contributed by atoms with Gasteiger partial charge in [-0.15, -0.1) is 0 Å². The van der Waals surface area contributed by atoms with Gasteiger partial charge in [0.1, 0.15) is 17.5 Å². The summed E-state index contributed by atoms with van der Waals surface area (Å²) in [5.74, 6) is 5.95. The van der Waals surface area contributed by atoms with E-state index >= 15 is 0 Å². The molecule has 3 aromatic carbocycles. The lowest BCUT2D eigenvalue weighted by Crippen LogP contribution is -2.27. The van der Waals surface area contributed by atoms with Crippen molar-refractivity contribution < 1.29 is 0 Å². The van der Waals surface area contributed by atoms with Crippen LogP contribution in [0.15, 0.2) is 103 Å². The van der Waals surface area contributed by atoms with Crippen LogP contribution < -0.4 is 16.0 Å². The molecule has 0 saturated heterocycles. The zero-order valence-corrected chi connectivity index (χ0v) is 38.3. The Morgan fingerprint density at radius 2 is 1.02 bits per heavy atom. The zero-order valence-electron chi connectivity index (χ0n) is 38.3. The number of aromatic nitrogens is 5. The second kappa shape index (κ2) is 18.7. The molecule has 61 heavy (non-hydrogen) atoms. The molecule has 3 aromatic heterocycles. The van der Waals surface area contributed by atoms with E-state index in [9.17, 15) is 0 Å². The van der Waals surface area contributed by atoms with Crippen molar-refractivity contribution in [2.45, 2.75) is 119 Å². The highest BCUT2D eigenvalue weighted by Gasteiger charge is 2.35. The van der Waals surface area contributed by atoms with Crippen LogP contribution in [-0.4, -0.2) is 44.8 Å². The Balaban J connectivity index is 0.000000138. The van der Waals surface area contributed by atoms with Gasteiger partial charge < -0.3 is 20.9 Å². The molecule has 3 unspecified atom stereocenters. The van der Waals surface area contributed by atoms with E-state index < -0.39 is 0 Å². The summed E-state index contributed by atoms with van der Waals surface area (Å²) < 4.78 is 0. The maximum absolute atomic E-state index is 4.74. The first-order chi connectivity index (χ1) is 29.1. The van der Waals surface area contributed by atoms with E-state index in [1.54, 1.807) is 0 Å². The fourth-order valence-corrected chi connectivity index (χ4v) is 9.48. The van der Waals surface area contributed by atoms with Gasteiger partial charge in [-0.3, -0.25) is 5.10 Å². The Morgan fingerprint density at radius 3 is 1.59 bits per heavy atom. The van der Waals surface area contributed by atoms with Crippen LogP contribution in [0, 0.1) is 16.2 Å². The highest BCUT2D eigenvalue weighted by atomic mass is 15.2. The summed E-state index contributed by atoms with van der Waals surface area (Å²) >= 11 is 0. The maximum Gasteiger partial charge on any atom is 0.151 e. The average Bonchev–Trinajstić information content (AvgIpc) is 3.84. The van der Waals surface area contributed by atoms with Crippen molar-refractivity contribution in [1.29, 1.82) is 0 Å². The summed E-state index contributed by atoms with van der Waals surface area (Å²) in [6.45, 7) is 24.0. The van der Waals surface area contributed by atoms with Crippen molar-refractivity contribution in [3.63, 3.8) is 0 Å². The normalized spacial score (nSPS) is 18.3. The van der Waals surface area contributed by atoms with Crippen LogP contribution in [0.3, 0.4) is 0 Å². The highest BCUT2D eigenvalue weighted by molar-refractivity contribution is 5.53. The van der Waals surface area contributed by atoms with Gasteiger partial charge in [0.2, 0.25) is 0 Å². The van der Waals surface area contributed by atoms with Gasteiger partial charge in [0.15, 0.2) is 5.82 Å². The van der Waals surface area contributed by atoms with E-state index in [-0.39, 0.29) is 16.2 Å². The highest BCUT2D eigenvalue weighted by Crippen LogP contribution is 2.45. The molecule has 0 radical (unpaired) electrons. The second-order valence-corrected chi connectivity index (χ2v) is 20.6. The molecular formula is C53H70N8. The number of H-pyrrole nitrogens is 2. The third kappa shape index (κ3) is 11.1. The van der Waals surface area contributed by atoms with Crippen LogP contribution >= 0.6 is 0 Å². The fourth-order valence-electron chi connectivity index (χ4n) is 9.48. The van der Waals surface area contributed by atoms with Gasteiger partial charge in [-0.25, -0.2) is 9.97 Å². The second-order valence-electron chi connectivity index (χ2n) is 20.6. The van der Waals surface area contributed by atoms with Crippen molar-refractivity contribution in [3.8, 4) is 0 Å². The first-order valence-corrected chi connectivity index (χ1v) is 22.6. The number of imidazole rings is 1. The van der Waals surface area contributed by atoms with Gasteiger partial charge in [0.05, 0.1) is 5.69 Å². The third-order valence-electron chi connectivity index (χ3n) is 12.7. The van der Waals surface area contributed by atoms with Crippen molar-refractivity contribution >= 4 is 17.5 Å². The molecule has 0 aliphatic carbocycles. The molecule has 3 atom stereocenters. The minimum Gasteiger partial charge on any atom is -0.370 e. The first kappa shape index (κ1) is 43.7. The number of nitrogens with one attached hydrogen (secondary N) is 5. The molecule has 322 valence electrons. The van der Waals surface area contributed by atoms with Crippen LogP contribution in [0.2, 0.25) is 0 Å². The smallest absolute Gasteiger partial charge is 0.151 e. The Labute approximate surface area is 365 Å². The van der Waals surface area contributed by atoms with E-state index in [1.807, 2.05) is 12.3 Å². The number of hydrogen-bond acceptors (Lipinski definition) is 6. The molecule has 0 amide bonds. The monoisotopic (exact) mass is 819 g/mol. The van der Waals surface area contributed by atoms with E-state index in [2.05, 4.69) is 189 Å². The van der Waals surface area contributed by atoms with Gasteiger partial charge >= 0.3 is 0 Å². The zero-order chi connectivity index (χ0) is 43.2. The topological polar surface area (TPSA) is 106 Å². The van der Waals surface area contributed by atoms with E-state index in [0.717, 1.165) is 62.2 Å². The van der Waals surface area contributed by atoms with Crippen molar-refractivity contribution in [2.75, 3.05) is 35.6 Å². The molecule has 6 heterocycles. The standard InChI is InChI=1S/C19H24N2.2C17H23N3/c1-19(2,3)17-9-10-20-18-16(17)12-15(13-21-18)11-14-7-5-4-6-8-14;1-17(2,3)13-9-10-18-16-15(13)19-14(20-16)11-12-7-5-4-6-8-12;1-17(2,3)13-9-10-18-16-15(13)14(19-20-16)11-12-7-5-4-6-8-12/h4-8,12-13,17H,9-11H2,1-3H3,(H,20,21);4-8,13,18H,9-11H2,1-3H3,(H,19,20);4-8,13H,9-11H2,1-3H3,(H2,18,19,20). The number of fused-ring (bicyclic) bond motifs is 3. The van der Waals surface area contributed by atoms with E-state index in [4.69, 9.17) is 4.98 Å². The number of rotatable bonds is 6. The molecule has 3 aliphatic rings. The van der Waals surface area contributed by atoms with Crippen LogP contribution in [0.1, 0.15) is 150 Å². The van der Waals surface area contributed by atoms with Gasteiger partial charge in [0, 0.05) is 55.8 Å². The minimum absolute atomic E-state index is 0.270. The third-order valence-corrected chi connectivity index (χ3v) is 12.7. The molecule has 0 fully saturated rings. The van der Waals surface area contributed by atoms with Gasteiger partial charge in [-0.2, -0.15) is 5.10 Å². The number of hydrogen-bond donors (Lipinski definition) is 5. The Bertz CT molecular complexity index is 2290. The number of benzene rings is 3. The molecule has 0 bridgehead atoms. The van der Waals surface area contributed by atoms with Crippen LogP contribution in [0.4, 0.5) is 17.5 Å². The van der Waals surface area contributed by atoms with E-state index in [1.165, 1.54) is 64.0 Å². The molecule has 3 aliphatic heterocycles. The van der Waals surface area contributed by atoms with Gasteiger partial charge in [-0.05, 0) is 87.6 Å². The quantitative estimate of drug-likeness (QED) is 0.115. The molecule has 6 aromatic rings. The molecule has 9 rings (SSSR count). The number of nitrogens with zero attached hydrogens (tertiary/aromatic N) is 3. The van der Waals surface area contributed by atoms with Crippen LogP contribution in [-0.2, 0) is 19.3 Å². The number of pyridine rings is 1. The minimum atomic E-state index is 0.270. The van der Waals surface area contributed by atoms with Gasteiger partial charge in [0.25, 0.3) is 0 Å². The number of anilines is 3. The fraction of sp³-hybridized carbons (Fsp3) is 0.453. The maximum atomic E-state index is 4.74. The Morgan fingerprint density at radius 1 is 0.525 bits per heavy atom. The summed E-state index contributed by atoms with van der Waals surface area (Å²) in [5, 5.41) is 18.0. The van der Waals surface area contributed by atoms with Crippen molar-refractivity contribution in [1.82, 2.24) is 25.1 Å². The average molecular weight is 819 g/mol. The SMILES string of the molecule is CC(C)(C)C1CCNc2n[nH]c(Cc3ccccc3)c21.CC(C)(C)C1CCNc2nc(Cc3ccccc3)[nH]c21.CC(C)(C)C1CCNc2ncc(Cc3ccccc3)cc21. The summed E-state index contributed by atoms with van der Waals surface area (Å²) in [6, 6.07) is 34.1. The lowest BCUT2D eigenvalue weighted by molar-refractivity contribution is 0.300. The van der Waals surface area contributed by atoms with Crippen molar-refractivity contribution in [2.24, 2.45) is 16.2 Å². The predicted octanol–water partition coefficient (Wildman–Crippen LogP) is 12.5. The first-order valence-electron chi connectivity index (χ1n) is 22.6. The lowest BCUT2D eigenvalue weighted by atomic mass is 9.73. The van der Waals surface area contributed by atoms with E-state index in [0.29, 0.717) is 17.8 Å². The molecule has 8 heteroatoms. The molecule has 0 spiro atoms. The van der Waals surface area contributed by atoms with Crippen LogP contribution in [0.5, 0.6) is 0 Å².